The monoisotopic (exact) mass is 248 g/mol. The van der Waals surface area contributed by atoms with E-state index in [4.69, 9.17) is 10.5 Å². The zero-order valence-electron chi connectivity index (χ0n) is 11.1. The molecule has 0 aromatic carbocycles. The van der Waals surface area contributed by atoms with Crippen molar-refractivity contribution >= 4 is 12.0 Å². The Morgan fingerprint density at radius 1 is 1.72 bits per heavy atom. The van der Waals surface area contributed by atoms with Crippen LogP contribution in [-0.2, 0) is 9.53 Å². The Bertz CT molecular complexity index is 490. The fourth-order valence-corrected chi connectivity index (χ4v) is 2.39. The number of allylic oxidation sites excluding steroid dienone is 1. The van der Waals surface area contributed by atoms with Gasteiger partial charge in [0.05, 0.1) is 7.11 Å². The van der Waals surface area contributed by atoms with Crippen molar-refractivity contribution in [3.8, 4) is 0 Å². The average Bonchev–Trinajstić information content (AvgIpc) is 2.92. The summed E-state index contributed by atoms with van der Waals surface area (Å²) >= 11 is 0. The van der Waals surface area contributed by atoms with E-state index in [1.807, 2.05) is 13.1 Å². The van der Waals surface area contributed by atoms with Crippen LogP contribution in [0, 0.1) is 6.92 Å². The van der Waals surface area contributed by atoms with Crippen LogP contribution in [0.15, 0.2) is 12.3 Å². The number of ether oxygens (including phenoxy) is 1. The first-order chi connectivity index (χ1) is 8.54. The number of carbonyl (C=O) groups is 1. The van der Waals surface area contributed by atoms with Crippen molar-refractivity contribution in [3.05, 3.63) is 29.1 Å². The third-order valence-electron chi connectivity index (χ3n) is 3.62. The van der Waals surface area contributed by atoms with Gasteiger partial charge >= 0.3 is 5.97 Å². The van der Waals surface area contributed by atoms with Crippen molar-refractivity contribution < 1.29 is 9.53 Å². The summed E-state index contributed by atoms with van der Waals surface area (Å²) in [7, 11) is 1.38. The van der Waals surface area contributed by atoms with E-state index >= 15 is 0 Å². The second-order valence-corrected chi connectivity index (χ2v) is 4.88. The molecule has 0 spiro atoms. The Balaban J connectivity index is 2.27. The number of methoxy groups -OCH3 is 1. The van der Waals surface area contributed by atoms with Crippen molar-refractivity contribution in [3.63, 3.8) is 0 Å². The van der Waals surface area contributed by atoms with Crippen LogP contribution in [0.1, 0.15) is 42.5 Å². The van der Waals surface area contributed by atoms with E-state index in [0.717, 1.165) is 23.2 Å². The molecule has 98 valence electrons. The molecule has 1 aliphatic rings. The standard InChI is InChI=1S/C14H20N2O2/c1-4-5-6-10-9(2)16-8-11(10)12-7-14(12,15)13(17)18-3/h5-6,8,12,16H,4,7,15H2,1-3H3/b6-5-/t12?,14-/m1/s1. The van der Waals surface area contributed by atoms with Crippen LogP contribution in [0.2, 0.25) is 0 Å². The van der Waals surface area contributed by atoms with Gasteiger partial charge in [0.15, 0.2) is 0 Å². The molecule has 1 saturated carbocycles. The van der Waals surface area contributed by atoms with Gasteiger partial charge in [-0.25, -0.2) is 0 Å². The molecule has 18 heavy (non-hydrogen) atoms. The van der Waals surface area contributed by atoms with Gasteiger partial charge in [0, 0.05) is 17.8 Å². The Morgan fingerprint density at radius 2 is 2.44 bits per heavy atom. The minimum atomic E-state index is -0.835. The Hall–Kier alpha value is -1.55. The van der Waals surface area contributed by atoms with Gasteiger partial charge in [-0.2, -0.15) is 0 Å². The maximum Gasteiger partial charge on any atom is 0.326 e. The Labute approximate surface area is 107 Å². The average molecular weight is 248 g/mol. The van der Waals surface area contributed by atoms with Crippen molar-refractivity contribution in [1.29, 1.82) is 0 Å². The molecule has 1 aromatic rings. The molecular formula is C14H20N2O2. The summed E-state index contributed by atoms with van der Waals surface area (Å²) in [6.45, 7) is 4.12. The molecule has 1 fully saturated rings. The summed E-state index contributed by atoms with van der Waals surface area (Å²) in [6.07, 6.45) is 7.80. The number of hydrogen-bond donors (Lipinski definition) is 2. The summed E-state index contributed by atoms with van der Waals surface area (Å²) in [4.78, 5) is 14.8. The van der Waals surface area contributed by atoms with Gasteiger partial charge in [-0.15, -0.1) is 0 Å². The van der Waals surface area contributed by atoms with E-state index in [1.54, 1.807) is 0 Å². The summed E-state index contributed by atoms with van der Waals surface area (Å²) < 4.78 is 4.76. The topological polar surface area (TPSA) is 68.1 Å². The minimum Gasteiger partial charge on any atom is -0.468 e. The lowest BCUT2D eigenvalue weighted by Gasteiger charge is -2.08. The molecule has 0 bridgehead atoms. The first-order valence-corrected chi connectivity index (χ1v) is 6.26. The molecule has 4 heteroatoms. The fourth-order valence-electron chi connectivity index (χ4n) is 2.39. The number of aromatic nitrogens is 1. The van der Waals surface area contributed by atoms with Crippen molar-refractivity contribution in [2.24, 2.45) is 5.73 Å². The molecule has 4 nitrogen and oxygen atoms in total. The summed E-state index contributed by atoms with van der Waals surface area (Å²) in [5.74, 6) is -0.261. The van der Waals surface area contributed by atoms with Crippen LogP contribution in [0.25, 0.3) is 6.08 Å². The maximum atomic E-state index is 11.6. The highest BCUT2D eigenvalue weighted by Gasteiger charge is 2.59. The number of nitrogens with one attached hydrogen (secondary N) is 1. The maximum absolute atomic E-state index is 11.6. The predicted molar refractivity (Wildman–Crippen MR) is 71.1 cm³/mol. The van der Waals surface area contributed by atoms with Crippen LogP contribution < -0.4 is 5.73 Å². The summed E-state index contributed by atoms with van der Waals surface area (Å²) in [5.41, 5.74) is 8.61. The van der Waals surface area contributed by atoms with Gasteiger partial charge in [-0.1, -0.05) is 19.1 Å². The highest BCUT2D eigenvalue weighted by atomic mass is 16.5. The summed E-state index contributed by atoms with van der Waals surface area (Å²) in [5, 5.41) is 0. The summed E-state index contributed by atoms with van der Waals surface area (Å²) in [6, 6.07) is 0. The van der Waals surface area contributed by atoms with Crippen molar-refractivity contribution in [2.45, 2.75) is 38.1 Å². The Kier molecular flexibility index (Phi) is 3.30. The molecule has 2 rings (SSSR count). The van der Waals surface area contributed by atoms with Gasteiger partial charge in [0.1, 0.15) is 5.54 Å². The number of esters is 1. The molecule has 1 heterocycles. The molecule has 0 aliphatic heterocycles. The number of rotatable bonds is 4. The third-order valence-corrected chi connectivity index (χ3v) is 3.62. The molecule has 2 atom stereocenters. The zero-order valence-corrected chi connectivity index (χ0v) is 11.1. The van der Waals surface area contributed by atoms with Gasteiger partial charge in [0.2, 0.25) is 0 Å². The van der Waals surface area contributed by atoms with Crippen LogP contribution in [-0.4, -0.2) is 23.6 Å². The molecule has 1 aliphatic carbocycles. The molecule has 1 aromatic heterocycles. The largest absolute Gasteiger partial charge is 0.468 e. The Morgan fingerprint density at radius 3 is 3.06 bits per heavy atom. The second kappa shape index (κ2) is 4.61. The van der Waals surface area contributed by atoms with Crippen molar-refractivity contribution in [2.75, 3.05) is 7.11 Å². The normalized spacial score (nSPS) is 26.6. The highest BCUT2D eigenvalue weighted by molar-refractivity contribution is 5.87. The zero-order chi connectivity index (χ0) is 13.3. The SMILES string of the molecule is CC/C=C\c1c(C2C[C@]2(N)C(=O)OC)c[nH]c1C. The molecule has 0 amide bonds. The lowest BCUT2D eigenvalue weighted by molar-refractivity contribution is -0.143. The smallest absolute Gasteiger partial charge is 0.326 e. The third kappa shape index (κ3) is 1.97. The minimum absolute atomic E-state index is 0.0615. The number of aromatic amines is 1. The number of H-pyrrole nitrogens is 1. The first kappa shape index (κ1) is 12.9. The number of hydrogen-bond acceptors (Lipinski definition) is 3. The van der Waals surface area contributed by atoms with E-state index < -0.39 is 5.54 Å². The predicted octanol–water partition coefficient (Wildman–Crippen LogP) is 2.10. The van der Waals surface area contributed by atoms with Crippen LogP contribution in [0.4, 0.5) is 0 Å². The van der Waals surface area contributed by atoms with E-state index in [0.29, 0.717) is 6.42 Å². The molecule has 1 unspecified atom stereocenters. The van der Waals surface area contributed by atoms with Gasteiger partial charge < -0.3 is 15.5 Å². The second-order valence-electron chi connectivity index (χ2n) is 4.88. The van der Waals surface area contributed by atoms with E-state index in [1.165, 1.54) is 7.11 Å². The number of aryl methyl sites for hydroxylation is 1. The van der Waals surface area contributed by atoms with E-state index in [2.05, 4.69) is 24.1 Å². The van der Waals surface area contributed by atoms with Crippen LogP contribution >= 0.6 is 0 Å². The van der Waals surface area contributed by atoms with E-state index in [-0.39, 0.29) is 11.9 Å². The van der Waals surface area contributed by atoms with E-state index in [9.17, 15) is 4.79 Å². The number of nitrogens with two attached hydrogens (primary N) is 1. The first-order valence-electron chi connectivity index (χ1n) is 6.26. The molecule has 3 N–H and O–H groups in total. The molecular weight excluding hydrogens is 228 g/mol. The quantitative estimate of drug-likeness (QED) is 0.802. The van der Waals surface area contributed by atoms with Crippen LogP contribution in [0.5, 0.6) is 0 Å². The van der Waals surface area contributed by atoms with Gasteiger partial charge in [-0.05, 0) is 30.9 Å². The fraction of sp³-hybridized carbons (Fsp3) is 0.500. The number of carbonyl (C=O) groups excluding carboxylic acids is 1. The molecule has 0 saturated heterocycles. The highest BCUT2D eigenvalue weighted by Crippen LogP contribution is 2.51. The van der Waals surface area contributed by atoms with Crippen LogP contribution in [0.3, 0.4) is 0 Å². The lowest BCUT2D eigenvalue weighted by atomic mass is 10.0. The van der Waals surface area contributed by atoms with Crippen molar-refractivity contribution in [1.82, 2.24) is 4.98 Å². The van der Waals surface area contributed by atoms with Gasteiger partial charge in [0.25, 0.3) is 0 Å². The lowest BCUT2D eigenvalue weighted by Crippen LogP contribution is -2.35. The molecule has 0 radical (unpaired) electrons. The van der Waals surface area contributed by atoms with Gasteiger partial charge in [-0.3, -0.25) is 4.79 Å².